The molecule has 2 saturated heterocycles. The lowest BCUT2D eigenvalue weighted by molar-refractivity contribution is 0.122. The number of hydrogen-bond donors (Lipinski definition) is 1. The van der Waals surface area contributed by atoms with Gasteiger partial charge < -0.3 is 24.4 Å². The highest BCUT2D eigenvalue weighted by Crippen LogP contribution is 2.31. The van der Waals surface area contributed by atoms with Gasteiger partial charge in [0.15, 0.2) is 11.6 Å². The Morgan fingerprint density at radius 2 is 1.96 bits per heavy atom. The fourth-order valence-corrected chi connectivity index (χ4v) is 2.91. The van der Waals surface area contributed by atoms with Crippen molar-refractivity contribution < 1.29 is 32.6 Å². The molecular formula is C16H19F2N3O5. The second-order valence-electron chi connectivity index (χ2n) is 5.85. The summed E-state index contributed by atoms with van der Waals surface area (Å²) in [5.74, 6) is -1.52. The summed E-state index contributed by atoms with van der Waals surface area (Å²) >= 11 is 0. The summed E-state index contributed by atoms with van der Waals surface area (Å²) in [4.78, 5) is 25.8. The van der Waals surface area contributed by atoms with Gasteiger partial charge in [0.1, 0.15) is 11.8 Å². The highest BCUT2D eigenvalue weighted by Gasteiger charge is 2.34. The van der Waals surface area contributed by atoms with Crippen LogP contribution in [0.1, 0.15) is 0 Å². The van der Waals surface area contributed by atoms with Gasteiger partial charge in [0.05, 0.1) is 39.1 Å². The molecular weight excluding hydrogens is 352 g/mol. The van der Waals surface area contributed by atoms with Crippen molar-refractivity contribution in [3.63, 3.8) is 0 Å². The van der Waals surface area contributed by atoms with Crippen LogP contribution in [0.5, 0.6) is 0 Å². The number of cyclic esters (lactones) is 1. The predicted octanol–water partition coefficient (Wildman–Crippen LogP) is 1.48. The molecule has 2 aliphatic rings. The molecule has 2 aliphatic heterocycles. The van der Waals surface area contributed by atoms with Gasteiger partial charge in [-0.2, -0.15) is 0 Å². The normalized spacial score (nSPS) is 20.1. The molecule has 2 fully saturated rings. The number of benzene rings is 1. The molecule has 0 unspecified atom stereocenters. The number of morpholine rings is 1. The number of nitrogens with one attached hydrogen (secondary N) is 1. The zero-order valence-corrected chi connectivity index (χ0v) is 14.2. The third kappa shape index (κ3) is 3.79. The molecule has 1 atom stereocenters. The Hall–Kier alpha value is -2.62. The molecule has 2 heterocycles. The van der Waals surface area contributed by atoms with Crippen molar-refractivity contribution in [3.05, 3.63) is 23.8 Å². The Labute approximate surface area is 148 Å². The van der Waals surface area contributed by atoms with Gasteiger partial charge in [-0.15, -0.1) is 0 Å². The zero-order chi connectivity index (χ0) is 18.7. The number of methoxy groups -OCH3 is 1. The molecule has 8 nitrogen and oxygen atoms in total. The summed E-state index contributed by atoms with van der Waals surface area (Å²) in [7, 11) is 1.21. The molecule has 1 N–H and O–H groups in total. The SMILES string of the molecule is COC(=O)NC[C@H]1CN(c2cc(F)c(N3CCOCC3)c(F)c2)C(=O)O1. The van der Waals surface area contributed by atoms with E-state index in [1.807, 2.05) is 0 Å². The fourth-order valence-electron chi connectivity index (χ4n) is 2.91. The van der Waals surface area contributed by atoms with Crippen molar-refractivity contribution in [2.75, 3.05) is 56.3 Å². The topological polar surface area (TPSA) is 80.3 Å². The van der Waals surface area contributed by atoms with Gasteiger partial charge in [-0.05, 0) is 0 Å². The van der Waals surface area contributed by atoms with Gasteiger partial charge in [-0.1, -0.05) is 0 Å². The molecule has 142 valence electrons. The van der Waals surface area contributed by atoms with Crippen LogP contribution in [0.2, 0.25) is 0 Å². The van der Waals surface area contributed by atoms with E-state index in [9.17, 15) is 18.4 Å². The van der Waals surface area contributed by atoms with E-state index in [0.717, 1.165) is 17.0 Å². The van der Waals surface area contributed by atoms with Crippen molar-refractivity contribution in [2.45, 2.75) is 6.10 Å². The molecule has 0 spiro atoms. The standard InChI is InChI=1S/C16H19F2N3O5/c1-24-15(22)19-8-11-9-21(16(23)26-11)10-6-12(17)14(13(18)7-10)20-2-4-25-5-3-20/h6-7,11H,2-5,8-9H2,1H3,(H,19,22)/t11-/m0/s1. The third-order valence-electron chi connectivity index (χ3n) is 4.17. The van der Waals surface area contributed by atoms with Gasteiger partial charge in [0.25, 0.3) is 0 Å². The Morgan fingerprint density at radius 3 is 2.58 bits per heavy atom. The molecule has 2 amide bonds. The molecule has 0 aromatic heterocycles. The minimum atomic E-state index is -0.758. The third-order valence-corrected chi connectivity index (χ3v) is 4.17. The van der Waals surface area contributed by atoms with Crippen molar-refractivity contribution in [1.29, 1.82) is 0 Å². The molecule has 0 radical (unpaired) electrons. The number of rotatable bonds is 4. The molecule has 3 rings (SSSR count). The number of hydrogen-bond acceptors (Lipinski definition) is 6. The average molecular weight is 371 g/mol. The largest absolute Gasteiger partial charge is 0.453 e. The van der Waals surface area contributed by atoms with E-state index >= 15 is 0 Å². The van der Waals surface area contributed by atoms with Crippen molar-refractivity contribution >= 4 is 23.6 Å². The van der Waals surface area contributed by atoms with Gasteiger partial charge in [-0.25, -0.2) is 18.4 Å². The average Bonchev–Trinajstić information content (AvgIpc) is 3.00. The van der Waals surface area contributed by atoms with E-state index < -0.39 is 29.9 Å². The molecule has 1 aromatic carbocycles. The minimum Gasteiger partial charge on any atom is -0.453 e. The van der Waals surface area contributed by atoms with E-state index in [1.165, 1.54) is 7.11 Å². The van der Waals surface area contributed by atoms with E-state index in [4.69, 9.17) is 9.47 Å². The summed E-state index contributed by atoms with van der Waals surface area (Å²) in [5.41, 5.74) is -0.0731. The Bertz CT molecular complexity index is 673. The van der Waals surface area contributed by atoms with E-state index in [-0.39, 0.29) is 24.5 Å². The maximum absolute atomic E-state index is 14.5. The van der Waals surface area contributed by atoms with Crippen LogP contribution in [0.4, 0.5) is 29.7 Å². The first-order valence-electron chi connectivity index (χ1n) is 8.11. The van der Waals surface area contributed by atoms with Crippen LogP contribution >= 0.6 is 0 Å². The molecule has 26 heavy (non-hydrogen) atoms. The lowest BCUT2D eigenvalue weighted by atomic mass is 10.2. The highest BCUT2D eigenvalue weighted by molar-refractivity contribution is 5.90. The zero-order valence-electron chi connectivity index (χ0n) is 14.2. The lowest BCUT2D eigenvalue weighted by Crippen LogP contribution is -2.37. The predicted molar refractivity (Wildman–Crippen MR) is 87.4 cm³/mol. The van der Waals surface area contributed by atoms with Crippen molar-refractivity contribution in [3.8, 4) is 0 Å². The highest BCUT2D eigenvalue weighted by atomic mass is 19.1. The van der Waals surface area contributed by atoms with Gasteiger partial charge in [0, 0.05) is 25.2 Å². The number of halogens is 2. The van der Waals surface area contributed by atoms with Crippen LogP contribution in [0.3, 0.4) is 0 Å². The lowest BCUT2D eigenvalue weighted by Gasteiger charge is -2.29. The molecule has 1 aromatic rings. The molecule has 0 bridgehead atoms. The van der Waals surface area contributed by atoms with Gasteiger partial charge in [-0.3, -0.25) is 4.90 Å². The fraction of sp³-hybridized carbons (Fsp3) is 0.500. The monoisotopic (exact) mass is 371 g/mol. The maximum atomic E-state index is 14.5. The summed E-state index contributed by atoms with van der Waals surface area (Å²) in [6.07, 6.45) is -2.04. The quantitative estimate of drug-likeness (QED) is 0.864. The summed E-state index contributed by atoms with van der Waals surface area (Å²) in [6.45, 7) is 1.66. The van der Waals surface area contributed by atoms with E-state index in [1.54, 1.807) is 4.90 Å². The maximum Gasteiger partial charge on any atom is 0.414 e. The first-order chi connectivity index (χ1) is 12.5. The molecule has 0 aliphatic carbocycles. The molecule has 10 heteroatoms. The number of carbonyl (C=O) groups excluding carboxylic acids is 2. The first-order valence-corrected chi connectivity index (χ1v) is 8.11. The van der Waals surface area contributed by atoms with E-state index in [0.29, 0.717) is 26.3 Å². The first kappa shape index (κ1) is 18.2. The van der Waals surface area contributed by atoms with Gasteiger partial charge in [0.2, 0.25) is 0 Å². The van der Waals surface area contributed by atoms with Crippen LogP contribution in [0.15, 0.2) is 12.1 Å². The second kappa shape index (κ2) is 7.73. The summed E-state index contributed by atoms with van der Waals surface area (Å²) < 4.78 is 43.7. The molecule has 0 saturated carbocycles. The van der Waals surface area contributed by atoms with Crippen LogP contribution in [-0.4, -0.2) is 64.8 Å². The summed E-state index contributed by atoms with van der Waals surface area (Å²) in [5, 5.41) is 2.41. The van der Waals surface area contributed by atoms with Gasteiger partial charge >= 0.3 is 12.2 Å². The Morgan fingerprint density at radius 1 is 1.31 bits per heavy atom. The van der Waals surface area contributed by atoms with E-state index in [2.05, 4.69) is 10.1 Å². The number of carbonyl (C=O) groups is 2. The number of nitrogens with zero attached hydrogens (tertiary/aromatic N) is 2. The summed E-state index contributed by atoms with van der Waals surface area (Å²) in [6, 6.07) is 2.20. The smallest absolute Gasteiger partial charge is 0.414 e. The second-order valence-corrected chi connectivity index (χ2v) is 5.85. The van der Waals surface area contributed by atoms with Crippen molar-refractivity contribution in [1.82, 2.24) is 5.32 Å². The number of ether oxygens (including phenoxy) is 3. The number of amides is 2. The number of anilines is 2. The Balaban J connectivity index is 1.73. The number of alkyl carbamates (subject to hydrolysis) is 1. The van der Waals surface area contributed by atoms with Crippen LogP contribution in [0, 0.1) is 11.6 Å². The van der Waals surface area contributed by atoms with Crippen LogP contribution in [-0.2, 0) is 14.2 Å². The minimum absolute atomic E-state index is 0.0335. The van der Waals surface area contributed by atoms with Crippen LogP contribution in [0.25, 0.3) is 0 Å². The Kier molecular flexibility index (Phi) is 5.40. The van der Waals surface area contributed by atoms with Crippen LogP contribution < -0.4 is 15.1 Å². The van der Waals surface area contributed by atoms with Crippen molar-refractivity contribution in [2.24, 2.45) is 0 Å².